The van der Waals surface area contributed by atoms with Gasteiger partial charge in [-0.3, -0.25) is 4.79 Å². The molecule has 2 rings (SSSR count). The lowest BCUT2D eigenvalue weighted by Gasteiger charge is -2.34. The van der Waals surface area contributed by atoms with Crippen LogP contribution >= 0.6 is 0 Å². The Kier molecular flexibility index (Phi) is 6.18. The third-order valence-electron chi connectivity index (χ3n) is 4.04. The normalized spacial score (nSPS) is 18.0. The lowest BCUT2D eigenvalue weighted by Crippen LogP contribution is -2.53. The number of carbonyl (C=O) groups is 2. The highest BCUT2D eigenvalue weighted by Gasteiger charge is 2.34. The van der Waals surface area contributed by atoms with Crippen LogP contribution in [0.2, 0.25) is 0 Å². The summed E-state index contributed by atoms with van der Waals surface area (Å²) in [7, 11) is 0. The maximum Gasteiger partial charge on any atom is 0.417 e. The zero-order valence-corrected chi connectivity index (χ0v) is 15.5. The summed E-state index contributed by atoms with van der Waals surface area (Å²) in [5, 5.41) is 3.23. The first-order chi connectivity index (χ1) is 11.7. The topological polar surface area (TPSA) is 113 Å². The summed E-state index contributed by atoms with van der Waals surface area (Å²) in [6, 6.07) is -0.207. The van der Waals surface area contributed by atoms with Crippen LogP contribution in [0.1, 0.15) is 50.8 Å². The summed E-state index contributed by atoms with van der Waals surface area (Å²) in [5.74, 6) is 0.195. The molecule has 1 aromatic heterocycles. The first-order valence-corrected chi connectivity index (χ1v) is 8.71. The molecule has 1 fully saturated rings. The molecular weight excluding hydrogens is 322 g/mol. The summed E-state index contributed by atoms with van der Waals surface area (Å²) in [6.07, 6.45) is 1.09. The van der Waals surface area contributed by atoms with Crippen LogP contribution in [0.5, 0.6) is 0 Å². The van der Waals surface area contributed by atoms with Gasteiger partial charge in [0, 0.05) is 18.8 Å². The molecule has 2 amide bonds. The Balaban J connectivity index is 2.17. The van der Waals surface area contributed by atoms with E-state index in [0.29, 0.717) is 18.9 Å². The van der Waals surface area contributed by atoms with Gasteiger partial charge in [-0.25, -0.2) is 14.7 Å². The third kappa shape index (κ3) is 5.27. The lowest BCUT2D eigenvalue weighted by atomic mass is 10.1. The van der Waals surface area contributed by atoms with Gasteiger partial charge in [-0.2, -0.15) is 0 Å². The summed E-state index contributed by atoms with van der Waals surface area (Å²) in [6.45, 7) is 9.00. The molecule has 0 bridgehead atoms. The molecule has 1 saturated heterocycles. The number of nitrogens with one attached hydrogen (secondary N) is 2. The van der Waals surface area contributed by atoms with Crippen molar-refractivity contribution < 1.29 is 14.3 Å². The number of aromatic nitrogens is 2. The Morgan fingerprint density at radius 2 is 2.12 bits per heavy atom. The second kappa shape index (κ2) is 7.97. The van der Waals surface area contributed by atoms with Gasteiger partial charge in [0.15, 0.2) is 0 Å². The molecule has 8 nitrogen and oxygen atoms in total. The van der Waals surface area contributed by atoms with E-state index in [1.54, 1.807) is 20.8 Å². The highest BCUT2D eigenvalue weighted by molar-refractivity contribution is 5.93. The van der Waals surface area contributed by atoms with Crippen molar-refractivity contribution in [2.24, 2.45) is 5.73 Å². The number of carbonyl (C=O) groups excluding carboxylic acids is 2. The molecule has 0 spiro atoms. The van der Waals surface area contributed by atoms with Gasteiger partial charge in [-0.15, -0.1) is 0 Å². The van der Waals surface area contributed by atoms with E-state index in [1.165, 1.54) is 4.90 Å². The van der Waals surface area contributed by atoms with Gasteiger partial charge < -0.3 is 20.8 Å². The molecule has 1 unspecified atom stereocenters. The number of hydrogen-bond donors (Lipinski definition) is 3. The molecule has 8 heteroatoms. The van der Waals surface area contributed by atoms with Crippen LogP contribution < -0.4 is 11.1 Å². The van der Waals surface area contributed by atoms with E-state index in [2.05, 4.69) is 15.3 Å². The van der Waals surface area contributed by atoms with Crippen LogP contribution in [-0.2, 0) is 22.5 Å². The standard InChI is InChI=1S/C17H29N5O3/c1-11-13(9-18)21-14(20-11)8-15(23)22(12-6-5-7-19-10-12)16(24)25-17(2,3)4/h12,19H,5-10,18H2,1-4H3,(H,20,21). The fourth-order valence-corrected chi connectivity index (χ4v) is 2.89. The number of aromatic amines is 1. The van der Waals surface area contributed by atoms with Gasteiger partial charge in [0.25, 0.3) is 0 Å². The fraction of sp³-hybridized carbons (Fsp3) is 0.706. The number of nitrogens with two attached hydrogens (primary N) is 1. The molecule has 1 aliphatic heterocycles. The average Bonchev–Trinajstić information content (AvgIpc) is 2.86. The van der Waals surface area contributed by atoms with Crippen molar-refractivity contribution in [1.82, 2.24) is 20.2 Å². The summed E-state index contributed by atoms with van der Waals surface area (Å²) < 4.78 is 5.45. The number of aryl methyl sites for hydroxylation is 1. The average molecular weight is 351 g/mol. The lowest BCUT2D eigenvalue weighted by molar-refractivity contribution is -0.132. The Morgan fingerprint density at radius 3 is 2.64 bits per heavy atom. The molecule has 0 radical (unpaired) electrons. The number of nitrogens with zero attached hydrogens (tertiary/aromatic N) is 2. The molecule has 25 heavy (non-hydrogen) atoms. The van der Waals surface area contributed by atoms with E-state index < -0.39 is 11.7 Å². The number of imidazole rings is 1. The van der Waals surface area contributed by atoms with Crippen LogP contribution in [0.15, 0.2) is 0 Å². The highest BCUT2D eigenvalue weighted by atomic mass is 16.6. The summed E-state index contributed by atoms with van der Waals surface area (Å²) in [4.78, 5) is 34.1. The first kappa shape index (κ1) is 19.4. The van der Waals surface area contributed by atoms with Crippen LogP contribution in [0.4, 0.5) is 4.79 Å². The molecule has 1 aliphatic rings. The number of H-pyrrole nitrogens is 1. The number of piperidine rings is 1. The van der Waals surface area contributed by atoms with E-state index in [1.807, 2.05) is 6.92 Å². The second-order valence-corrected chi connectivity index (χ2v) is 7.38. The van der Waals surface area contributed by atoms with Crippen molar-refractivity contribution in [1.29, 1.82) is 0 Å². The minimum absolute atomic E-state index is 0.0105. The largest absolute Gasteiger partial charge is 0.443 e. The molecule has 1 aromatic rings. The number of hydrogen-bond acceptors (Lipinski definition) is 6. The van der Waals surface area contributed by atoms with Gasteiger partial charge in [0.1, 0.15) is 11.4 Å². The van der Waals surface area contributed by atoms with Crippen molar-refractivity contribution in [3.63, 3.8) is 0 Å². The second-order valence-electron chi connectivity index (χ2n) is 7.38. The molecule has 0 aliphatic carbocycles. The Morgan fingerprint density at radius 1 is 1.40 bits per heavy atom. The smallest absolute Gasteiger partial charge is 0.417 e. The predicted octanol–water partition coefficient (Wildman–Crippen LogP) is 1.24. The summed E-state index contributed by atoms with van der Waals surface area (Å²) in [5.41, 5.74) is 6.54. The molecule has 0 saturated carbocycles. The zero-order valence-electron chi connectivity index (χ0n) is 15.5. The van der Waals surface area contributed by atoms with Crippen molar-refractivity contribution in [2.45, 2.75) is 65.1 Å². The molecule has 2 heterocycles. The zero-order chi connectivity index (χ0) is 18.6. The van der Waals surface area contributed by atoms with E-state index in [0.717, 1.165) is 30.8 Å². The molecule has 4 N–H and O–H groups in total. The van der Waals surface area contributed by atoms with Gasteiger partial charge in [0.2, 0.25) is 5.91 Å². The van der Waals surface area contributed by atoms with E-state index >= 15 is 0 Å². The first-order valence-electron chi connectivity index (χ1n) is 8.71. The van der Waals surface area contributed by atoms with Crippen molar-refractivity contribution in [2.75, 3.05) is 13.1 Å². The van der Waals surface area contributed by atoms with E-state index in [4.69, 9.17) is 10.5 Å². The Bertz CT molecular complexity index is 614. The van der Waals surface area contributed by atoms with E-state index in [9.17, 15) is 9.59 Å². The Labute approximate surface area is 148 Å². The quantitative estimate of drug-likeness (QED) is 0.752. The van der Waals surface area contributed by atoms with Gasteiger partial charge >= 0.3 is 6.09 Å². The van der Waals surface area contributed by atoms with E-state index in [-0.39, 0.29) is 18.4 Å². The van der Waals surface area contributed by atoms with Crippen LogP contribution in [-0.4, -0.2) is 51.6 Å². The van der Waals surface area contributed by atoms with Crippen LogP contribution in [0.3, 0.4) is 0 Å². The molecular formula is C17H29N5O3. The third-order valence-corrected chi connectivity index (χ3v) is 4.04. The SMILES string of the molecule is Cc1[nH]c(CC(=O)N(C(=O)OC(C)(C)C)C2CCCNC2)nc1CN. The van der Waals surface area contributed by atoms with Gasteiger partial charge in [-0.1, -0.05) is 0 Å². The number of imide groups is 1. The molecule has 1 atom stereocenters. The van der Waals surface area contributed by atoms with Gasteiger partial charge in [-0.05, 0) is 47.1 Å². The van der Waals surface area contributed by atoms with Crippen molar-refractivity contribution in [3.8, 4) is 0 Å². The van der Waals surface area contributed by atoms with Crippen molar-refractivity contribution in [3.05, 3.63) is 17.2 Å². The Hall–Kier alpha value is -1.93. The number of ether oxygens (including phenoxy) is 1. The van der Waals surface area contributed by atoms with Crippen LogP contribution in [0.25, 0.3) is 0 Å². The maximum atomic E-state index is 12.9. The number of amides is 2. The maximum absolute atomic E-state index is 12.9. The molecule has 140 valence electrons. The van der Waals surface area contributed by atoms with Crippen molar-refractivity contribution >= 4 is 12.0 Å². The summed E-state index contributed by atoms with van der Waals surface area (Å²) >= 11 is 0. The fourth-order valence-electron chi connectivity index (χ4n) is 2.89. The minimum atomic E-state index is -0.661. The monoisotopic (exact) mass is 351 g/mol. The van der Waals surface area contributed by atoms with Gasteiger partial charge in [0.05, 0.1) is 18.2 Å². The predicted molar refractivity (Wildman–Crippen MR) is 93.9 cm³/mol. The minimum Gasteiger partial charge on any atom is -0.443 e. The molecule has 0 aromatic carbocycles. The highest BCUT2D eigenvalue weighted by Crippen LogP contribution is 2.18. The number of rotatable bonds is 4. The van der Waals surface area contributed by atoms with Crippen LogP contribution in [0, 0.1) is 6.92 Å².